The number of nitrogens with one attached hydrogen (secondary N) is 3. The number of ether oxygens (including phenoxy) is 2. The van der Waals surface area contributed by atoms with Crippen LogP contribution in [0.25, 0.3) is 0 Å². The number of nitrogens with zero attached hydrogens (tertiary/aromatic N) is 1. The Morgan fingerprint density at radius 3 is 2.47 bits per heavy atom. The number of rotatable bonds is 12. The van der Waals surface area contributed by atoms with E-state index >= 15 is 4.39 Å². The Kier molecular flexibility index (Phi) is 12.2. The summed E-state index contributed by atoms with van der Waals surface area (Å²) in [5, 5.41) is 8.85. The van der Waals surface area contributed by atoms with Crippen molar-refractivity contribution < 1.29 is 27.8 Å². The van der Waals surface area contributed by atoms with Gasteiger partial charge >= 0.3 is 6.09 Å². The van der Waals surface area contributed by atoms with Gasteiger partial charge in [-0.1, -0.05) is 36.4 Å². The lowest BCUT2D eigenvalue weighted by Gasteiger charge is -2.30. The maximum absolute atomic E-state index is 15.1. The molecule has 2 amide bonds. The number of pyridine rings is 1. The van der Waals surface area contributed by atoms with Gasteiger partial charge in [0.05, 0.1) is 24.8 Å². The van der Waals surface area contributed by atoms with Gasteiger partial charge in [-0.05, 0) is 94.6 Å². The van der Waals surface area contributed by atoms with Gasteiger partial charge in [0.15, 0.2) is 0 Å². The molecule has 5 rings (SSSR count). The molecule has 0 aliphatic carbocycles. The van der Waals surface area contributed by atoms with Gasteiger partial charge in [0, 0.05) is 46.2 Å². The number of benzene rings is 3. The summed E-state index contributed by atoms with van der Waals surface area (Å²) in [5.74, 6) is -1.89. The third-order valence-corrected chi connectivity index (χ3v) is 8.67. The number of hydrogen-bond acceptors (Lipinski definition) is 7. The molecule has 246 valence electrons. The van der Waals surface area contributed by atoms with Crippen molar-refractivity contribution in [2.45, 2.75) is 43.5 Å². The molecule has 0 bridgehead atoms. The van der Waals surface area contributed by atoms with Crippen LogP contribution in [0.5, 0.6) is 0 Å². The minimum Gasteiger partial charge on any atom is -0.448 e. The lowest BCUT2D eigenvalue weighted by molar-refractivity contribution is -0.117. The predicted molar refractivity (Wildman–Crippen MR) is 183 cm³/mol. The van der Waals surface area contributed by atoms with Crippen LogP contribution in [-0.4, -0.2) is 54.9 Å². The molecule has 1 saturated heterocycles. The highest BCUT2D eigenvalue weighted by atomic mass is 127. The monoisotopic (exact) mass is 755 g/mol. The summed E-state index contributed by atoms with van der Waals surface area (Å²) in [6.07, 6.45) is 3.38. The molecule has 4 atom stereocenters. The third-order valence-electron chi connectivity index (χ3n) is 7.96. The zero-order chi connectivity index (χ0) is 33.2. The second-order valence-corrected chi connectivity index (χ2v) is 12.5. The van der Waals surface area contributed by atoms with Gasteiger partial charge in [-0.2, -0.15) is 0 Å². The van der Waals surface area contributed by atoms with E-state index < -0.39 is 35.6 Å². The van der Waals surface area contributed by atoms with Gasteiger partial charge in [0.1, 0.15) is 18.2 Å². The van der Waals surface area contributed by atoms with E-state index in [9.17, 15) is 14.0 Å². The van der Waals surface area contributed by atoms with Crippen molar-refractivity contribution in [3.63, 3.8) is 0 Å². The molecule has 47 heavy (non-hydrogen) atoms. The number of nitrogens with two attached hydrogens (primary N) is 1. The van der Waals surface area contributed by atoms with Crippen molar-refractivity contribution >= 4 is 40.3 Å². The summed E-state index contributed by atoms with van der Waals surface area (Å²) in [5.41, 5.74) is 9.59. The van der Waals surface area contributed by atoms with Crippen LogP contribution in [0.15, 0.2) is 91.3 Å². The van der Waals surface area contributed by atoms with Crippen LogP contribution < -0.4 is 21.7 Å². The van der Waals surface area contributed by atoms with Gasteiger partial charge < -0.3 is 31.2 Å². The SMILES string of the molecule is N[C@H](C(=O)Nc1cccc(F)c1CC[C@@H]1CN[C@H](COC(=O)NCc2cccnc2)CO1)C(c1ccc(F)cc1)c1ccc(I)cc1. The first-order valence-corrected chi connectivity index (χ1v) is 16.3. The van der Waals surface area contributed by atoms with E-state index in [1.807, 2.05) is 30.3 Å². The van der Waals surface area contributed by atoms with Crippen molar-refractivity contribution in [3.8, 4) is 0 Å². The zero-order valence-electron chi connectivity index (χ0n) is 25.5. The fraction of sp³-hybridized carbons (Fsp3) is 0.286. The summed E-state index contributed by atoms with van der Waals surface area (Å²) in [7, 11) is 0. The molecule has 1 aliphatic heterocycles. The lowest BCUT2D eigenvalue weighted by Crippen LogP contribution is -2.49. The Labute approximate surface area is 285 Å². The van der Waals surface area contributed by atoms with E-state index in [1.54, 1.807) is 36.7 Å². The number of aromatic nitrogens is 1. The summed E-state index contributed by atoms with van der Waals surface area (Å²) >= 11 is 2.20. The smallest absolute Gasteiger partial charge is 0.407 e. The number of halogens is 3. The summed E-state index contributed by atoms with van der Waals surface area (Å²) < 4.78 is 41.1. The highest BCUT2D eigenvalue weighted by Gasteiger charge is 2.29. The number of alkyl carbamates (subject to hydrolysis) is 1. The van der Waals surface area contributed by atoms with Crippen LogP contribution in [0, 0.1) is 15.2 Å². The molecule has 0 spiro atoms. The van der Waals surface area contributed by atoms with Gasteiger partial charge in [0.25, 0.3) is 0 Å². The number of anilines is 1. The average molecular weight is 756 g/mol. The number of hydrogen-bond donors (Lipinski definition) is 4. The molecule has 12 heteroatoms. The van der Waals surface area contributed by atoms with Crippen molar-refractivity contribution in [1.82, 2.24) is 15.6 Å². The van der Waals surface area contributed by atoms with Crippen molar-refractivity contribution in [2.24, 2.45) is 5.73 Å². The topological polar surface area (TPSA) is 128 Å². The quantitative estimate of drug-likeness (QED) is 0.145. The van der Waals surface area contributed by atoms with Gasteiger partial charge in [-0.15, -0.1) is 0 Å². The molecule has 2 heterocycles. The molecule has 1 aliphatic rings. The van der Waals surface area contributed by atoms with Gasteiger partial charge in [0.2, 0.25) is 5.91 Å². The largest absolute Gasteiger partial charge is 0.448 e. The maximum Gasteiger partial charge on any atom is 0.407 e. The third kappa shape index (κ3) is 9.76. The Morgan fingerprint density at radius 2 is 1.79 bits per heavy atom. The van der Waals surface area contributed by atoms with Crippen molar-refractivity contribution in [1.29, 1.82) is 0 Å². The van der Waals surface area contributed by atoms with E-state index in [4.69, 9.17) is 15.2 Å². The lowest BCUT2D eigenvalue weighted by atomic mass is 9.85. The molecule has 1 fully saturated rings. The van der Waals surface area contributed by atoms with Crippen LogP contribution >= 0.6 is 22.6 Å². The first-order chi connectivity index (χ1) is 22.8. The molecule has 0 saturated carbocycles. The first kappa shape index (κ1) is 34.4. The molecule has 1 unspecified atom stereocenters. The van der Waals surface area contributed by atoms with Gasteiger partial charge in [-0.25, -0.2) is 13.6 Å². The normalized spacial score (nSPS) is 17.4. The number of amides is 2. The Hall–Kier alpha value is -3.98. The van der Waals surface area contributed by atoms with E-state index in [0.717, 1.165) is 14.7 Å². The number of morpholine rings is 1. The maximum atomic E-state index is 15.1. The molecular weight excluding hydrogens is 719 g/mol. The van der Waals surface area contributed by atoms with E-state index in [2.05, 4.69) is 43.5 Å². The highest BCUT2D eigenvalue weighted by molar-refractivity contribution is 14.1. The van der Waals surface area contributed by atoms with Crippen LogP contribution in [-0.2, 0) is 27.2 Å². The highest BCUT2D eigenvalue weighted by Crippen LogP contribution is 2.30. The molecular formula is C35H36F2IN5O4. The van der Waals surface area contributed by atoms with E-state index in [-0.39, 0.29) is 18.8 Å². The molecule has 4 aromatic rings. The fourth-order valence-electron chi connectivity index (χ4n) is 5.41. The van der Waals surface area contributed by atoms with Crippen molar-refractivity contribution in [3.05, 3.63) is 129 Å². The summed E-state index contributed by atoms with van der Waals surface area (Å²) in [4.78, 5) is 29.6. The second kappa shape index (κ2) is 16.7. The molecule has 3 aromatic carbocycles. The van der Waals surface area contributed by atoms with Gasteiger partial charge in [-0.3, -0.25) is 9.78 Å². The summed E-state index contributed by atoms with van der Waals surface area (Å²) in [6, 6.07) is 20.5. The Balaban J connectivity index is 1.14. The van der Waals surface area contributed by atoms with Crippen LogP contribution in [0.2, 0.25) is 0 Å². The fourth-order valence-corrected chi connectivity index (χ4v) is 5.77. The minimum atomic E-state index is -1.04. The molecule has 5 N–H and O–H groups in total. The Bertz CT molecular complexity index is 1580. The minimum absolute atomic E-state index is 0.135. The van der Waals surface area contributed by atoms with Crippen LogP contribution in [0.3, 0.4) is 0 Å². The molecule has 9 nitrogen and oxygen atoms in total. The number of carbonyl (C=O) groups is 2. The predicted octanol–water partition coefficient (Wildman–Crippen LogP) is 5.28. The van der Waals surface area contributed by atoms with Crippen molar-refractivity contribution in [2.75, 3.05) is 25.1 Å². The van der Waals surface area contributed by atoms with Crippen LogP contribution in [0.1, 0.15) is 34.6 Å². The summed E-state index contributed by atoms with van der Waals surface area (Å²) in [6.45, 7) is 1.26. The number of carbonyl (C=O) groups excluding carboxylic acids is 2. The van der Waals surface area contributed by atoms with Crippen LogP contribution in [0.4, 0.5) is 19.3 Å². The van der Waals surface area contributed by atoms with E-state index in [1.165, 1.54) is 24.3 Å². The molecule has 1 aromatic heterocycles. The Morgan fingerprint density at radius 1 is 1.04 bits per heavy atom. The average Bonchev–Trinajstić information content (AvgIpc) is 3.09. The second-order valence-electron chi connectivity index (χ2n) is 11.3. The molecule has 0 radical (unpaired) electrons. The standard InChI is InChI=1S/C35H36F2IN5O4/c36-25-10-6-23(7-11-25)32(24-8-12-26(38)13-9-24)33(39)34(44)43-31-5-1-4-30(37)29(31)15-14-28-19-41-27(20-46-28)21-47-35(45)42-18-22-3-2-16-40-17-22/h1-13,16-17,27-28,32-33,41H,14-15,18-21,39H2,(H,42,45)(H,43,44)/t27-,28+,32?,33-/m0/s1. The zero-order valence-corrected chi connectivity index (χ0v) is 27.7. The first-order valence-electron chi connectivity index (χ1n) is 15.3. The van der Waals surface area contributed by atoms with E-state index in [0.29, 0.717) is 49.4 Å².